The number of hydrogen-bond acceptors (Lipinski definition) is 7. The fraction of sp³-hybridized carbons (Fsp3) is 0.280. The third-order valence-corrected chi connectivity index (χ3v) is 6.70. The van der Waals surface area contributed by atoms with E-state index in [2.05, 4.69) is 10.1 Å². The van der Waals surface area contributed by atoms with E-state index >= 15 is 0 Å². The lowest BCUT2D eigenvalue weighted by atomic mass is 10.1. The van der Waals surface area contributed by atoms with Crippen LogP contribution in [0.5, 0.6) is 17.2 Å². The molecule has 10 heteroatoms. The Kier molecular flexibility index (Phi) is 7.47. The van der Waals surface area contributed by atoms with Gasteiger partial charge in [0, 0.05) is 5.92 Å². The van der Waals surface area contributed by atoms with Crippen molar-refractivity contribution in [3.8, 4) is 17.2 Å². The fourth-order valence-electron chi connectivity index (χ4n) is 3.38. The Morgan fingerprint density at radius 3 is 2.63 bits per heavy atom. The van der Waals surface area contributed by atoms with Crippen LogP contribution >= 0.6 is 23.4 Å². The second-order valence-corrected chi connectivity index (χ2v) is 9.50. The smallest absolute Gasteiger partial charge is 0.283 e. The Bertz CT molecular complexity index is 1270. The summed E-state index contributed by atoms with van der Waals surface area (Å²) >= 11 is 7.80. The van der Waals surface area contributed by atoms with Crippen molar-refractivity contribution >= 4 is 51.4 Å². The van der Waals surface area contributed by atoms with Crippen LogP contribution in [0.4, 0.5) is 0 Å². The lowest BCUT2D eigenvalue weighted by molar-refractivity contribution is -0.114. The minimum atomic E-state index is -0.502. The number of amidine groups is 2. The van der Waals surface area contributed by atoms with Gasteiger partial charge in [0.05, 0.1) is 17.7 Å². The van der Waals surface area contributed by atoms with E-state index < -0.39 is 5.91 Å². The molecule has 0 unspecified atom stereocenters. The second-order valence-electron chi connectivity index (χ2n) is 8.11. The molecule has 0 bridgehead atoms. The Labute approximate surface area is 213 Å². The Hall–Kier alpha value is -3.30. The van der Waals surface area contributed by atoms with Crippen molar-refractivity contribution in [2.45, 2.75) is 20.8 Å². The summed E-state index contributed by atoms with van der Waals surface area (Å²) < 4.78 is 17.1. The molecule has 0 fully saturated rings. The first-order valence-corrected chi connectivity index (χ1v) is 12.2. The molecule has 2 aromatic carbocycles. The standard InChI is InChI=1S/C25H25ClN4O4S/c1-14(2)24-29-30-22(27)17(23(31)28-25(30)35-24)11-16-12-18(26)21(20(13-16)32-4)34-10-9-33-19-8-6-5-7-15(19)3/h5-8,11-14,27H,9-10H2,1-4H3/b17-11-,27-22?. The summed E-state index contributed by atoms with van der Waals surface area (Å²) in [6.45, 7) is 6.56. The molecular weight excluding hydrogens is 488 g/mol. The molecule has 0 radical (unpaired) electrons. The summed E-state index contributed by atoms with van der Waals surface area (Å²) in [5.41, 5.74) is 1.72. The predicted molar refractivity (Wildman–Crippen MR) is 140 cm³/mol. The molecular formula is C25H25ClN4O4S. The molecule has 182 valence electrons. The quantitative estimate of drug-likeness (QED) is 0.376. The first-order valence-electron chi connectivity index (χ1n) is 11.0. The van der Waals surface area contributed by atoms with Crippen LogP contribution in [0, 0.1) is 18.3 Å². The lowest BCUT2D eigenvalue weighted by Gasteiger charge is -2.20. The molecule has 0 aromatic heterocycles. The molecule has 0 saturated carbocycles. The van der Waals surface area contributed by atoms with Gasteiger partial charge in [-0.05, 0) is 54.1 Å². The van der Waals surface area contributed by atoms with E-state index in [1.54, 1.807) is 18.2 Å². The zero-order valence-corrected chi connectivity index (χ0v) is 21.4. The number of hydrazone groups is 1. The number of benzene rings is 2. The summed E-state index contributed by atoms with van der Waals surface area (Å²) in [7, 11) is 1.51. The number of halogens is 1. The van der Waals surface area contributed by atoms with Crippen LogP contribution in [0.15, 0.2) is 52.1 Å². The SMILES string of the molecule is COc1cc(/C=C2/C(=N)N3N=C(C(C)C)SC3=NC2=O)cc(Cl)c1OCCOc1ccccc1C. The number of amides is 1. The maximum absolute atomic E-state index is 12.7. The molecule has 0 atom stereocenters. The molecule has 2 aromatic rings. The van der Waals surface area contributed by atoms with Gasteiger partial charge in [0.15, 0.2) is 17.3 Å². The second kappa shape index (κ2) is 10.5. The zero-order chi connectivity index (χ0) is 25.1. The van der Waals surface area contributed by atoms with E-state index in [1.165, 1.54) is 23.9 Å². The van der Waals surface area contributed by atoms with Gasteiger partial charge in [-0.25, -0.2) is 0 Å². The number of ether oxygens (including phenoxy) is 3. The average molecular weight is 513 g/mol. The molecule has 2 heterocycles. The minimum Gasteiger partial charge on any atom is -0.493 e. The molecule has 1 amide bonds. The molecule has 0 spiro atoms. The highest BCUT2D eigenvalue weighted by Gasteiger charge is 2.36. The number of aryl methyl sites for hydroxylation is 1. The van der Waals surface area contributed by atoms with Gasteiger partial charge < -0.3 is 14.2 Å². The third-order valence-electron chi connectivity index (χ3n) is 5.21. The maximum atomic E-state index is 12.7. The Morgan fingerprint density at radius 2 is 1.91 bits per heavy atom. The molecule has 2 aliphatic heterocycles. The van der Waals surface area contributed by atoms with Gasteiger partial charge in [0.25, 0.3) is 5.91 Å². The van der Waals surface area contributed by atoms with Gasteiger partial charge in [-0.3, -0.25) is 10.2 Å². The van der Waals surface area contributed by atoms with Crippen molar-refractivity contribution in [3.63, 3.8) is 0 Å². The first-order chi connectivity index (χ1) is 16.8. The average Bonchev–Trinajstić information content (AvgIpc) is 3.26. The highest BCUT2D eigenvalue weighted by molar-refractivity contribution is 8.27. The number of carbonyl (C=O) groups excluding carboxylic acids is 1. The van der Waals surface area contributed by atoms with Crippen LogP contribution in [0.2, 0.25) is 5.02 Å². The van der Waals surface area contributed by atoms with Gasteiger partial charge >= 0.3 is 0 Å². The van der Waals surface area contributed by atoms with E-state index in [9.17, 15) is 4.79 Å². The van der Waals surface area contributed by atoms with Crippen molar-refractivity contribution in [1.29, 1.82) is 5.41 Å². The van der Waals surface area contributed by atoms with Crippen LogP contribution < -0.4 is 14.2 Å². The van der Waals surface area contributed by atoms with Gasteiger partial charge in [-0.1, -0.05) is 43.6 Å². The zero-order valence-electron chi connectivity index (χ0n) is 19.8. The van der Waals surface area contributed by atoms with Gasteiger partial charge in [-0.15, -0.1) is 0 Å². The summed E-state index contributed by atoms with van der Waals surface area (Å²) in [4.78, 5) is 16.8. The van der Waals surface area contributed by atoms with Crippen molar-refractivity contribution in [3.05, 3.63) is 58.1 Å². The molecule has 35 heavy (non-hydrogen) atoms. The van der Waals surface area contributed by atoms with Crippen LogP contribution in [0.1, 0.15) is 25.0 Å². The predicted octanol–water partition coefficient (Wildman–Crippen LogP) is 5.39. The van der Waals surface area contributed by atoms with Gasteiger partial charge in [0.1, 0.15) is 24.0 Å². The number of para-hydroxylation sites is 1. The summed E-state index contributed by atoms with van der Waals surface area (Å²) in [6.07, 6.45) is 1.55. The van der Waals surface area contributed by atoms with Crippen molar-refractivity contribution in [2.24, 2.45) is 16.0 Å². The number of carbonyl (C=O) groups is 1. The van der Waals surface area contributed by atoms with Crippen molar-refractivity contribution in [1.82, 2.24) is 5.01 Å². The molecule has 0 aliphatic carbocycles. The van der Waals surface area contributed by atoms with Gasteiger partial charge in [0.2, 0.25) is 5.17 Å². The number of methoxy groups -OCH3 is 1. The van der Waals surface area contributed by atoms with Crippen LogP contribution in [0.25, 0.3) is 6.08 Å². The molecule has 0 saturated heterocycles. The highest BCUT2D eigenvalue weighted by Crippen LogP contribution is 2.38. The number of nitrogens with zero attached hydrogens (tertiary/aromatic N) is 3. The van der Waals surface area contributed by atoms with E-state index in [0.29, 0.717) is 33.9 Å². The number of thioether (sulfide) groups is 1. The lowest BCUT2D eigenvalue weighted by Crippen LogP contribution is -2.35. The highest BCUT2D eigenvalue weighted by atomic mass is 35.5. The number of fused-ring (bicyclic) bond motifs is 1. The monoisotopic (exact) mass is 512 g/mol. The Morgan fingerprint density at radius 1 is 1.17 bits per heavy atom. The van der Waals surface area contributed by atoms with E-state index in [1.807, 2.05) is 45.0 Å². The van der Waals surface area contributed by atoms with E-state index in [0.717, 1.165) is 16.4 Å². The van der Waals surface area contributed by atoms with Crippen LogP contribution in [-0.4, -0.2) is 47.3 Å². The van der Waals surface area contributed by atoms with E-state index in [4.69, 9.17) is 31.2 Å². The van der Waals surface area contributed by atoms with Crippen molar-refractivity contribution < 1.29 is 19.0 Å². The minimum absolute atomic E-state index is 0.0353. The number of nitrogens with one attached hydrogen (secondary N) is 1. The molecule has 4 rings (SSSR count). The Balaban J connectivity index is 1.50. The maximum Gasteiger partial charge on any atom is 0.283 e. The fourth-order valence-corrected chi connectivity index (χ4v) is 4.55. The molecule has 2 aliphatic rings. The summed E-state index contributed by atoms with van der Waals surface area (Å²) in [5.74, 6) is 1.20. The normalized spacial score (nSPS) is 16.4. The van der Waals surface area contributed by atoms with Crippen molar-refractivity contribution in [2.75, 3.05) is 20.3 Å². The van der Waals surface area contributed by atoms with Crippen LogP contribution in [-0.2, 0) is 4.79 Å². The van der Waals surface area contributed by atoms with Crippen LogP contribution in [0.3, 0.4) is 0 Å². The van der Waals surface area contributed by atoms with Gasteiger partial charge in [-0.2, -0.15) is 15.1 Å². The number of rotatable bonds is 8. The number of aliphatic imine (C=N–C) groups is 1. The summed E-state index contributed by atoms with van der Waals surface area (Å²) in [5, 5.41) is 15.8. The van der Waals surface area contributed by atoms with E-state index in [-0.39, 0.29) is 23.9 Å². The summed E-state index contributed by atoms with van der Waals surface area (Å²) in [6, 6.07) is 11.1. The molecule has 1 N–H and O–H groups in total. The molecule has 8 nitrogen and oxygen atoms in total. The topological polar surface area (TPSA) is 96.6 Å². The third kappa shape index (κ3) is 5.36. The largest absolute Gasteiger partial charge is 0.493 e. The number of hydrogen-bond donors (Lipinski definition) is 1. The first kappa shape index (κ1) is 24.8.